The van der Waals surface area contributed by atoms with Crippen molar-refractivity contribution >= 4 is 11.8 Å². The van der Waals surface area contributed by atoms with Gasteiger partial charge in [-0.2, -0.15) is 0 Å². The smallest absolute Gasteiger partial charge is 0.293 e. The van der Waals surface area contributed by atoms with Crippen LogP contribution in [-0.4, -0.2) is 76.6 Å². The number of nitrogens with zero attached hydrogens (tertiary/aromatic N) is 4. The van der Waals surface area contributed by atoms with E-state index in [4.69, 9.17) is 0 Å². The Labute approximate surface area is 123 Å². The van der Waals surface area contributed by atoms with Crippen LogP contribution < -0.4 is 5.32 Å². The van der Waals surface area contributed by atoms with Gasteiger partial charge in [-0.1, -0.05) is 6.92 Å². The molecule has 0 bridgehead atoms. The second-order valence-electron chi connectivity index (χ2n) is 5.10. The summed E-state index contributed by atoms with van der Waals surface area (Å²) in [6.45, 7) is 4.98. The van der Waals surface area contributed by atoms with Crippen molar-refractivity contribution in [2.75, 3.05) is 39.8 Å². The Morgan fingerprint density at radius 3 is 2.62 bits per heavy atom. The van der Waals surface area contributed by atoms with E-state index >= 15 is 0 Å². The van der Waals surface area contributed by atoms with Gasteiger partial charge in [-0.25, -0.2) is 4.98 Å². The average molecular weight is 294 g/mol. The summed E-state index contributed by atoms with van der Waals surface area (Å²) in [5, 5.41) is 9.38. The third-order valence-electron chi connectivity index (χ3n) is 3.52. The molecule has 1 aliphatic heterocycles. The molecule has 116 valence electrons. The highest BCUT2D eigenvalue weighted by Crippen LogP contribution is 2.06. The molecule has 0 aromatic carbocycles. The summed E-state index contributed by atoms with van der Waals surface area (Å²) in [6.07, 6.45) is 1.75. The largest absolute Gasteiger partial charge is 0.358 e. The van der Waals surface area contributed by atoms with E-state index in [2.05, 4.69) is 27.4 Å². The maximum atomic E-state index is 12.3. The number of aryl methyl sites for hydroxylation is 1. The number of H-pyrrole nitrogens is 1. The summed E-state index contributed by atoms with van der Waals surface area (Å²) < 4.78 is 0. The molecule has 2 N–H and O–H groups in total. The fraction of sp³-hybridized carbons (Fsp3) is 0.692. The van der Waals surface area contributed by atoms with Crippen LogP contribution in [0.1, 0.15) is 29.8 Å². The molecule has 2 rings (SSSR count). The van der Waals surface area contributed by atoms with Crippen LogP contribution in [0.5, 0.6) is 0 Å². The summed E-state index contributed by atoms with van der Waals surface area (Å²) in [5.74, 6) is 0.832. The molecule has 1 saturated heterocycles. The summed E-state index contributed by atoms with van der Waals surface area (Å²) in [5.41, 5.74) is 0. The van der Waals surface area contributed by atoms with Gasteiger partial charge in [0.05, 0.1) is 6.54 Å². The Bertz CT molecular complexity index is 493. The van der Waals surface area contributed by atoms with Crippen LogP contribution in [0, 0.1) is 0 Å². The Morgan fingerprint density at radius 2 is 2.00 bits per heavy atom. The van der Waals surface area contributed by atoms with Gasteiger partial charge in [0.25, 0.3) is 5.91 Å². The summed E-state index contributed by atoms with van der Waals surface area (Å²) in [7, 11) is 1.62. The van der Waals surface area contributed by atoms with Gasteiger partial charge in [-0.3, -0.25) is 19.6 Å². The lowest BCUT2D eigenvalue weighted by Gasteiger charge is -2.33. The monoisotopic (exact) mass is 294 g/mol. The van der Waals surface area contributed by atoms with Crippen molar-refractivity contribution in [3.63, 3.8) is 0 Å². The van der Waals surface area contributed by atoms with E-state index in [-0.39, 0.29) is 17.6 Å². The molecular weight excluding hydrogens is 272 g/mol. The number of piperazine rings is 1. The first-order valence-corrected chi connectivity index (χ1v) is 7.27. The van der Waals surface area contributed by atoms with Crippen LogP contribution in [0.2, 0.25) is 0 Å². The van der Waals surface area contributed by atoms with E-state index in [1.807, 2.05) is 4.90 Å². The SMILES string of the molecule is CCCc1nc(C(=O)N2CCN(CC(=O)NC)CC2)n[nH]1. The number of nitrogens with one attached hydrogen (secondary N) is 2. The molecule has 8 nitrogen and oxygen atoms in total. The number of aromatic amines is 1. The third-order valence-corrected chi connectivity index (χ3v) is 3.52. The fourth-order valence-corrected chi connectivity index (χ4v) is 2.27. The molecule has 2 heterocycles. The van der Waals surface area contributed by atoms with Crippen molar-refractivity contribution in [1.29, 1.82) is 0 Å². The molecule has 0 unspecified atom stereocenters. The van der Waals surface area contributed by atoms with Gasteiger partial charge in [0, 0.05) is 39.6 Å². The zero-order chi connectivity index (χ0) is 15.2. The van der Waals surface area contributed by atoms with Gasteiger partial charge in [-0.15, -0.1) is 5.10 Å². The zero-order valence-electron chi connectivity index (χ0n) is 12.6. The van der Waals surface area contributed by atoms with Crippen molar-refractivity contribution in [2.24, 2.45) is 0 Å². The molecule has 0 aliphatic carbocycles. The quantitative estimate of drug-likeness (QED) is 0.746. The van der Waals surface area contributed by atoms with Crippen LogP contribution in [0.25, 0.3) is 0 Å². The highest BCUT2D eigenvalue weighted by atomic mass is 16.2. The van der Waals surface area contributed by atoms with E-state index in [9.17, 15) is 9.59 Å². The van der Waals surface area contributed by atoms with Gasteiger partial charge in [0.15, 0.2) is 0 Å². The molecule has 21 heavy (non-hydrogen) atoms. The Hall–Kier alpha value is -1.96. The second kappa shape index (κ2) is 7.16. The summed E-state index contributed by atoms with van der Waals surface area (Å²) in [4.78, 5) is 31.6. The number of amides is 2. The maximum absolute atomic E-state index is 12.3. The maximum Gasteiger partial charge on any atom is 0.293 e. The number of aromatic nitrogens is 3. The highest BCUT2D eigenvalue weighted by molar-refractivity contribution is 5.90. The van der Waals surface area contributed by atoms with E-state index in [1.54, 1.807) is 11.9 Å². The molecule has 0 atom stereocenters. The van der Waals surface area contributed by atoms with Crippen molar-refractivity contribution in [3.05, 3.63) is 11.6 Å². The van der Waals surface area contributed by atoms with Crippen LogP contribution in [-0.2, 0) is 11.2 Å². The molecule has 0 saturated carbocycles. The summed E-state index contributed by atoms with van der Waals surface area (Å²) in [6, 6.07) is 0. The number of carbonyl (C=O) groups excluding carboxylic acids is 2. The topological polar surface area (TPSA) is 94.2 Å². The van der Waals surface area contributed by atoms with Crippen LogP contribution in [0.15, 0.2) is 0 Å². The molecule has 1 aliphatic rings. The van der Waals surface area contributed by atoms with Crippen LogP contribution in [0.3, 0.4) is 0 Å². The van der Waals surface area contributed by atoms with E-state index < -0.39 is 0 Å². The van der Waals surface area contributed by atoms with Crippen molar-refractivity contribution in [3.8, 4) is 0 Å². The van der Waals surface area contributed by atoms with E-state index in [1.165, 1.54) is 0 Å². The van der Waals surface area contributed by atoms with Crippen molar-refractivity contribution < 1.29 is 9.59 Å². The molecular formula is C13H22N6O2. The van der Waals surface area contributed by atoms with Crippen molar-refractivity contribution in [1.82, 2.24) is 30.3 Å². The average Bonchev–Trinajstić information content (AvgIpc) is 2.96. The molecule has 0 radical (unpaired) electrons. The van der Waals surface area contributed by atoms with E-state index in [0.29, 0.717) is 32.7 Å². The molecule has 8 heteroatoms. The van der Waals surface area contributed by atoms with Crippen LogP contribution >= 0.6 is 0 Å². The van der Waals surface area contributed by atoms with Gasteiger partial charge in [0.1, 0.15) is 5.82 Å². The van der Waals surface area contributed by atoms with Crippen LogP contribution in [0.4, 0.5) is 0 Å². The number of rotatable bonds is 5. The summed E-state index contributed by atoms with van der Waals surface area (Å²) >= 11 is 0. The standard InChI is InChI=1S/C13H22N6O2/c1-3-4-10-15-12(17-16-10)13(21)19-7-5-18(6-8-19)9-11(20)14-2/h3-9H2,1-2H3,(H,14,20)(H,15,16,17). The first-order chi connectivity index (χ1) is 10.1. The highest BCUT2D eigenvalue weighted by Gasteiger charge is 2.25. The third kappa shape index (κ3) is 4.01. The Balaban J connectivity index is 1.86. The Morgan fingerprint density at radius 1 is 1.29 bits per heavy atom. The van der Waals surface area contributed by atoms with Crippen molar-refractivity contribution in [2.45, 2.75) is 19.8 Å². The minimum absolute atomic E-state index is 0.00653. The zero-order valence-corrected chi connectivity index (χ0v) is 12.6. The minimum Gasteiger partial charge on any atom is -0.358 e. The van der Waals surface area contributed by atoms with Gasteiger partial charge in [0.2, 0.25) is 11.7 Å². The minimum atomic E-state index is -0.145. The molecule has 0 spiro atoms. The van der Waals surface area contributed by atoms with Gasteiger partial charge >= 0.3 is 0 Å². The van der Waals surface area contributed by atoms with E-state index in [0.717, 1.165) is 18.7 Å². The second-order valence-corrected chi connectivity index (χ2v) is 5.10. The molecule has 1 aromatic rings. The number of hydrogen-bond acceptors (Lipinski definition) is 5. The number of likely N-dealkylation sites (N-methyl/N-ethyl adjacent to an activating group) is 1. The predicted molar refractivity (Wildman–Crippen MR) is 76.8 cm³/mol. The van der Waals surface area contributed by atoms with Gasteiger partial charge < -0.3 is 10.2 Å². The number of carbonyl (C=O) groups is 2. The van der Waals surface area contributed by atoms with Gasteiger partial charge in [-0.05, 0) is 6.42 Å². The molecule has 1 aromatic heterocycles. The lowest BCUT2D eigenvalue weighted by molar-refractivity contribution is -0.122. The fourth-order valence-electron chi connectivity index (χ4n) is 2.27. The molecule has 2 amide bonds. The normalized spacial score (nSPS) is 16.0. The first-order valence-electron chi connectivity index (χ1n) is 7.27. The Kier molecular flexibility index (Phi) is 5.26. The molecule has 1 fully saturated rings. The number of hydrogen-bond donors (Lipinski definition) is 2. The lowest BCUT2D eigenvalue weighted by atomic mass is 10.3. The lowest BCUT2D eigenvalue weighted by Crippen LogP contribution is -2.51. The predicted octanol–water partition coefficient (Wildman–Crippen LogP) is -0.739. The first kappa shape index (κ1) is 15.4.